The fourth-order valence-corrected chi connectivity index (χ4v) is 5.73. The maximum atomic E-state index is 13.4. The molecule has 0 radical (unpaired) electrons. The molecule has 1 heterocycles. The van der Waals surface area contributed by atoms with Crippen LogP contribution >= 0.6 is 0 Å². The van der Waals surface area contributed by atoms with Crippen LogP contribution in [0.1, 0.15) is 73.9 Å². The highest BCUT2D eigenvalue weighted by Crippen LogP contribution is 2.60. The average Bonchev–Trinajstić information content (AvgIpc) is 3.51. The maximum absolute atomic E-state index is 13.4. The maximum Gasteiger partial charge on any atom is 0.223 e. The second-order valence-corrected chi connectivity index (χ2v) is 10.3. The SMILES string of the molecule is C=C/C=C(\c1cc[nH]c1C)C1CC[C@H](C(=O)N[C@@H](C)[C@@H](O)c2ccc(C)cc2)C2(CC1)CC2. The Morgan fingerprint density at radius 1 is 1.15 bits per heavy atom. The van der Waals surface area contributed by atoms with Gasteiger partial charge in [0.05, 0.1) is 12.1 Å². The highest BCUT2D eigenvalue weighted by atomic mass is 16.3. The predicted octanol–water partition coefficient (Wildman–Crippen LogP) is 6.03. The molecule has 2 aromatic rings. The van der Waals surface area contributed by atoms with Crippen LogP contribution in [-0.4, -0.2) is 22.0 Å². The lowest BCUT2D eigenvalue weighted by molar-refractivity contribution is -0.129. The largest absolute Gasteiger partial charge is 0.386 e. The van der Waals surface area contributed by atoms with Gasteiger partial charge in [-0.1, -0.05) is 48.6 Å². The molecule has 2 aliphatic carbocycles. The van der Waals surface area contributed by atoms with Gasteiger partial charge in [-0.2, -0.15) is 0 Å². The van der Waals surface area contributed by atoms with E-state index >= 15 is 0 Å². The standard InChI is InChI=1S/C29H38N2O2/c1-5-6-25(24-14-18-30-20(24)3)22-11-12-26(29(15-13-22)16-17-29)28(33)31-21(4)27(32)23-9-7-19(2)8-10-23/h5-10,14,18,21-22,26-27,30,32H,1,11-13,15-17H2,2-4H3,(H,31,33)/b25-6-/t21-,22?,26+,27+/m0/s1. The van der Waals surface area contributed by atoms with Crippen molar-refractivity contribution in [2.24, 2.45) is 17.3 Å². The minimum atomic E-state index is -0.707. The Morgan fingerprint density at radius 2 is 1.88 bits per heavy atom. The molecular formula is C29H38N2O2. The number of allylic oxidation sites excluding steroid dienone is 3. The summed E-state index contributed by atoms with van der Waals surface area (Å²) in [7, 11) is 0. The molecule has 1 amide bonds. The van der Waals surface area contributed by atoms with E-state index in [2.05, 4.69) is 35.9 Å². The molecule has 2 fully saturated rings. The summed E-state index contributed by atoms with van der Waals surface area (Å²) in [5.41, 5.74) is 5.93. The summed E-state index contributed by atoms with van der Waals surface area (Å²) in [6, 6.07) is 9.71. The minimum Gasteiger partial charge on any atom is -0.386 e. The van der Waals surface area contributed by atoms with E-state index in [1.54, 1.807) is 0 Å². The molecule has 2 aliphatic rings. The van der Waals surface area contributed by atoms with Gasteiger partial charge in [-0.3, -0.25) is 4.79 Å². The quantitative estimate of drug-likeness (QED) is 0.455. The Balaban J connectivity index is 1.46. The van der Waals surface area contributed by atoms with Gasteiger partial charge in [-0.05, 0) is 93.4 Å². The first-order valence-corrected chi connectivity index (χ1v) is 12.4. The Labute approximate surface area is 198 Å². The van der Waals surface area contributed by atoms with Crippen molar-refractivity contribution >= 4 is 11.5 Å². The first-order valence-electron chi connectivity index (χ1n) is 12.4. The molecule has 3 N–H and O–H groups in total. The van der Waals surface area contributed by atoms with Crippen LogP contribution in [0.4, 0.5) is 0 Å². The number of H-pyrrole nitrogens is 1. The fourth-order valence-electron chi connectivity index (χ4n) is 5.73. The highest BCUT2D eigenvalue weighted by molar-refractivity contribution is 5.80. The zero-order valence-corrected chi connectivity index (χ0v) is 20.2. The fraction of sp³-hybridized carbons (Fsp3) is 0.483. The number of amides is 1. The van der Waals surface area contributed by atoms with Crippen molar-refractivity contribution in [3.63, 3.8) is 0 Å². The Hall–Kier alpha value is -2.59. The summed E-state index contributed by atoms with van der Waals surface area (Å²) in [5, 5.41) is 14.0. The van der Waals surface area contributed by atoms with E-state index in [9.17, 15) is 9.90 Å². The Morgan fingerprint density at radius 3 is 2.48 bits per heavy atom. The molecule has 0 aliphatic heterocycles. The lowest BCUT2D eigenvalue weighted by Crippen LogP contribution is -2.43. The van der Waals surface area contributed by atoms with Crippen molar-refractivity contribution in [1.82, 2.24) is 10.3 Å². The lowest BCUT2D eigenvalue weighted by Gasteiger charge is -2.27. The molecule has 4 rings (SSSR count). The van der Waals surface area contributed by atoms with Crippen LogP contribution in [0, 0.1) is 31.1 Å². The number of benzene rings is 1. The monoisotopic (exact) mass is 446 g/mol. The minimum absolute atomic E-state index is 0.0208. The van der Waals surface area contributed by atoms with Gasteiger partial charge < -0.3 is 15.4 Å². The number of aromatic amines is 1. The van der Waals surface area contributed by atoms with Gasteiger partial charge in [0.25, 0.3) is 0 Å². The van der Waals surface area contributed by atoms with E-state index in [-0.39, 0.29) is 23.3 Å². The number of carbonyl (C=O) groups excluding carboxylic acids is 1. The van der Waals surface area contributed by atoms with Gasteiger partial charge in [0.1, 0.15) is 0 Å². The summed E-state index contributed by atoms with van der Waals surface area (Å²) >= 11 is 0. The van der Waals surface area contributed by atoms with E-state index in [1.165, 1.54) is 16.8 Å². The molecular weight excluding hydrogens is 408 g/mol. The van der Waals surface area contributed by atoms with Gasteiger partial charge in [0.15, 0.2) is 0 Å². The number of carbonyl (C=O) groups is 1. The lowest BCUT2D eigenvalue weighted by atomic mass is 9.83. The molecule has 0 saturated heterocycles. The summed E-state index contributed by atoms with van der Waals surface area (Å²) < 4.78 is 0. The van der Waals surface area contributed by atoms with Crippen molar-refractivity contribution in [3.05, 3.63) is 77.6 Å². The van der Waals surface area contributed by atoms with E-state index < -0.39 is 6.10 Å². The van der Waals surface area contributed by atoms with Crippen LogP contribution in [0.25, 0.3) is 5.57 Å². The average molecular weight is 447 g/mol. The first-order chi connectivity index (χ1) is 15.8. The van der Waals surface area contributed by atoms with Gasteiger partial charge in [-0.15, -0.1) is 0 Å². The number of rotatable bonds is 7. The van der Waals surface area contributed by atoms with Crippen LogP contribution < -0.4 is 5.32 Å². The van der Waals surface area contributed by atoms with Gasteiger partial charge in [0.2, 0.25) is 5.91 Å². The molecule has 1 aromatic heterocycles. The van der Waals surface area contributed by atoms with Gasteiger partial charge in [-0.25, -0.2) is 0 Å². The van der Waals surface area contributed by atoms with Crippen LogP contribution in [0.15, 0.2) is 55.3 Å². The van der Waals surface area contributed by atoms with E-state index in [4.69, 9.17) is 0 Å². The number of aliphatic hydroxyl groups excluding tert-OH is 1. The van der Waals surface area contributed by atoms with E-state index in [1.807, 2.05) is 50.4 Å². The van der Waals surface area contributed by atoms with Crippen molar-refractivity contribution in [3.8, 4) is 0 Å². The molecule has 1 unspecified atom stereocenters. The number of hydrogen-bond donors (Lipinski definition) is 3. The third-order valence-electron chi connectivity index (χ3n) is 8.01. The molecule has 4 atom stereocenters. The van der Waals surface area contributed by atoms with E-state index in [0.717, 1.165) is 49.7 Å². The zero-order chi connectivity index (χ0) is 23.6. The Kier molecular flexibility index (Phi) is 6.94. The summed E-state index contributed by atoms with van der Waals surface area (Å²) in [4.78, 5) is 16.7. The molecule has 4 nitrogen and oxygen atoms in total. The molecule has 33 heavy (non-hydrogen) atoms. The number of hydrogen-bond acceptors (Lipinski definition) is 2. The molecule has 1 aromatic carbocycles. The topological polar surface area (TPSA) is 65.1 Å². The molecule has 2 saturated carbocycles. The molecule has 176 valence electrons. The predicted molar refractivity (Wildman–Crippen MR) is 135 cm³/mol. The summed E-state index contributed by atoms with van der Waals surface area (Å²) in [5.74, 6) is 0.565. The van der Waals surface area contributed by atoms with Crippen LogP contribution in [0.2, 0.25) is 0 Å². The normalized spacial score (nSPS) is 24.1. The van der Waals surface area contributed by atoms with Crippen LogP contribution in [0.5, 0.6) is 0 Å². The zero-order valence-electron chi connectivity index (χ0n) is 20.2. The van der Waals surface area contributed by atoms with Gasteiger partial charge >= 0.3 is 0 Å². The summed E-state index contributed by atoms with van der Waals surface area (Å²) in [6.07, 6.45) is 11.7. The van der Waals surface area contributed by atoms with E-state index in [0.29, 0.717) is 5.92 Å². The van der Waals surface area contributed by atoms with Crippen molar-refractivity contribution in [2.45, 2.75) is 71.4 Å². The smallest absolute Gasteiger partial charge is 0.223 e. The number of aryl methyl sites for hydroxylation is 2. The third-order valence-corrected chi connectivity index (χ3v) is 8.01. The second kappa shape index (κ2) is 9.72. The van der Waals surface area contributed by atoms with Crippen molar-refractivity contribution in [2.75, 3.05) is 0 Å². The number of aliphatic hydroxyl groups is 1. The Bertz CT molecular complexity index is 1010. The van der Waals surface area contributed by atoms with Crippen LogP contribution in [-0.2, 0) is 4.79 Å². The third kappa shape index (κ3) is 5.01. The molecule has 4 heteroatoms. The second-order valence-electron chi connectivity index (χ2n) is 10.3. The summed E-state index contributed by atoms with van der Waals surface area (Å²) in [6.45, 7) is 9.99. The van der Waals surface area contributed by atoms with Crippen molar-refractivity contribution < 1.29 is 9.90 Å². The van der Waals surface area contributed by atoms with Crippen LogP contribution in [0.3, 0.4) is 0 Å². The first kappa shape index (κ1) is 23.6. The molecule has 1 spiro atoms. The van der Waals surface area contributed by atoms with Crippen molar-refractivity contribution in [1.29, 1.82) is 0 Å². The highest BCUT2D eigenvalue weighted by Gasteiger charge is 2.53. The van der Waals surface area contributed by atoms with Gasteiger partial charge in [0, 0.05) is 17.8 Å². The number of nitrogens with one attached hydrogen (secondary N) is 2. The number of aromatic nitrogens is 1. The molecule has 0 bridgehead atoms.